The second-order valence-corrected chi connectivity index (χ2v) is 7.92. The lowest BCUT2D eigenvalue weighted by Gasteiger charge is -2.12. The topological polar surface area (TPSA) is 78.4 Å². The molecule has 31 heavy (non-hydrogen) atoms. The van der Waals surface area contributed by atoms with Gasteiger partial charge in [0.2, 0.25) is 0 Å². The quantitative estimate of drug-likeness (QED) is 0.154. The number of benzene rings is 3. The highest BCUT2D eigenvalue weighted by atomic mass is 35.5. The van der Waals surface area contributed by atoms with Gasteiger partial charge in [-0.2, -0.15) is 0 Å². The summed E-state index contributed by atoms with van der Waals surface area (Å²) in [6.07, 6.45) is 3.82. The van der Waals surface area contributed by atoms with Crippen LogP contribution in [0.25, 0.3) is 11.6 Å². The fraction of sp³-hybridized carbons (Fsp3) is 0.0833. The summed E-state index contributed by atoms with van der Waals surface area (Å²) in [6, 6.07) is 21.7. The van der Waals surface area contributed by atoms with Crippen LogP contribution in [0.4, 0.5) is 0 Å². The number of amides is 2. The third-order valence-electron chi connectivity index (χ3n) is 4.61. The van der Waals surface area contributed by atoms with E-state index in [9.17, 15) is 9.59 Å². The van der Waals surface area contributed by atoms with Gasteiger partial charge in [0.05, 0.1) is 0 Å². The van der Waals surface area contributed by atoms with Gasteiger partial charge in [-0.3, -0.25) is 14.8 Å². The van der Waals surface area contributed by atoms with E-state index in [4.69, 9.17) is 16.8 Å². The highest BCUT2D eigenvalue weighted by Gasteiger charge is 2.15. The van der Waals surface area contributed by atoms with Crippen LogP contribution in [-0.2, 0) is 11.3 Å². The van der Waals surface area contributed by atoms with Crippen molar-refractivity contribution in [1.29, 1.82) is 0 Å². The molecule has 0 radical (unpaired) electrons. The zero-order chi connectivity index (χ0) is 22.2. The summed E-state index contributed by atoms with van der Waals surface area (Å²) in [6.45, 7) is 0.271. The van der Waals surface area contributed by atoms with E-state index >= 15 is 0 Å². The fourth-order valence-electron chi connectivity index (χ4n) is 2.93. The molecule has 0 spiro atoms. The average Bonchev–Trinajstić information content (AvgIpc) is 2.81. The molecule has 3 N–H and O–H groups in total. The predicted octanol–water partition coefficient (Wildman–Crippen LogP) is 5.04. The van der Waals surface area contributed by atoms with Crippen molar-refractivity contribution in [2.75, 3.05) is 6.26 Å². The normalized spacial score (nSPS) is 11.1. The van der Waals surface area contributed by atoms with Crippen molar-refractivity contribution in [2.24, 2.45) is 0 Å². The SMILES string of the molecule is CSc1ccc(/C=C(/C(=O)NCc2ccc(C(=O)NO)cc2)c2ccccc2Cl)cc1. The van der Waals surface area contributed by atoms with Gasteiger partial charge in [-0.05, 0) is 53.8 Å². The molecule has 158 valence electrons. The molecule has 3 aromatic carbocycles. The molecular weight excluding hydrogens is 432 g/mol. The van der Waals surface area contributed by atoms with E-state index in [1.807, 2.05) is 54.8 Å². The molecule has 0 fully saturated rings. The van der Waals surface area contributed by atoms with Crippen LogP contribution in [0, 0.1) is 0 Å². The largest absolute Gasteiger partial charge is 0.348 e. The molecule has 0 aliphatic carbocycles. The summed E-state index contributed by atoms with van der Waals surface area (Å²) in [5, 5.41) is 12.1. The van der Waals surface area contributed by atoms with Crippen LogP contribution in [0.2, 0.25) is 5.02 Å². The second-order valence-electron chi connectivity index (χ2n) is 6.63. The van der Waals surface area contributed by atoms with E-state index in [0.29, 0.717) is 21.7 Å². The van der Waals surface area contributed by atoms with Crippen molar-refractivity contribution in [1.82, 2.24) is 10.8 Å². The smallest absolute Gasteiger partial charge is 0.274 e. The van der Waals surface area contributed by atoms with Crippen LogP contribution in [0.5, 0.6) is 0 Å². The van der Waals surface area contributed by atoms with Crippen LogP contribution in [-0.4, -0.2) is 23.3 Å². The molecule has 3 aromatic rings. The van der Waals surface area contributed by atoms with Gasteiger partial charge in [0.15, 0.2) is 0 Å². The standard InChI is InChI=1S/C24H21ClN2O3S/c1-31-19-12-8-16(9-13-19)14-21(20-4-2-3-5-22(20)25)24(29)26-15-17-6-10-18(11-7-17)23(28)27-30/h2-14,30H,15H2,1H3,(H,26,29)(H,27,28)/b21-14+. The molecule has 0 atom stereocenters. The number of rotatable bonds is 7. The number of nitrogens with one attached hydrogen (secondary N) is 2. The Morgan fingerprint density at radius 3 is 2.29 bits per heavy atom. The van der Waals surface area contributed by atoms with Crippen molar-refractivity contribution in [3.05, 3.63) is 100 Å². The Bertz CT molecular complexity index is 1100. The Morgan fingerprint density at radius 1 is 1.00 bits per heavy atom. The Kier molecular flexibility index (Phi) is 7.89. The summed E-state index contributed by atoms with van der Waals surface area (Å²) in [5.41, 5.74) is 4.71. The Hall–Kier alpha value is -3.06. The first-order chi connectivity index (χ1) is 15.0. The lowest BCUT2D eigenvalue weighted by molar-refractivity contribution is -0.115. The summed E-state index contributed by atoms with van der Waals surface area (Å²) in [7, 11) is 0. The first-order valence-corrected chi connectivity index (χ1v) is 11.0. The molecule has 0 saturated heterocycles. The van der Waals surface area contributed by atoms with Crippen LogP contribution >= 0.6 is 23.4 Å². The zero-order valence-corrected chi connectivity index (χ0v) is 18.3. The first-order valence-electron chi connectivity index (χ1n) is 9.44. The highest BCUT2D eigenvalue weighted by molar-refractivity contribution is 7.98. The summed E-state index contributed by atoms with van der Waals surface area (Å²) in [5.74, 6) is -0.855. The van der Waals surface area contributed by atoms with Crippen molar-refractivity contribution in [2.45, 2.75) is 11.4 Å². The summed E-state index contributed by atoms with van der Waals surface area (Å²) < 4.78 is 0. The van der Waals surface area contributed by atoms with Crippen LogP contribution in [0.3, 0.4) is 0 Å². The highest BCUT2D eigenvalue weighted by Crippen LogP contribution is 2.27. The van der Waals surface area contributed by atoms with E-state index in [1.54, 1.807) is 47.6 Å². The summed E-state index contributed by atoms with van der Waals surface area (Å²) in [4.78, 5) is 25.6. The minimum atomic E-state index is -0.591. The van der Waals surface area contributed by atoms with Crippen LogP contribution < -0.4 is 10.8 Å². The lowest BCUT2D eigenvalue weighted by atomic mass is 10.0. The number of carbonyl (C=O) groups excluding carboxylic acids is 2. The molecule has 5 nitrogen and oxygen atoms in total. The Labute approximate surface area is 190 Å². The van der Waals surface area contributed by atoms with E-state index in [0.717, 1.165) is 16.0 Å². The van der Waals surface area contributed by atoms with Gasteiger partial charge in [-0.15, -0.1) is 11.8 Å². The van der Waals surface area contributed by atoms with Crippen molar-refractivity contribution >= 4 is 46.8 Å². The number of hydroxylamine groups is 1. The minimum Gasteiger partial charge on any atom is -0.348 e. The molecule has 0 unspecified atom stereocenters. The molecule has 0 bridgehead atoms. The van der Waals surface area contributed by atoms with E-state index < -0.39 is 5.91 Å². The number of hydrogen-bond donors (Lipinski definition) is 3. The number of thioether (sulfide) groups is 1. The Balaban J connectivity index is 1.83. The minimum absolute atomic E-state index is 0.265. The zero-order valence-electron chi connectivity index (χ0n) is 16.8. The molecule has 2 amide bonds. The predicted molar refractivity (Wildman–Crippen MR) is 125 cm³/mol. The van der Waals surface area contributed by atoms with Gasteiger partial charge in [0, 0.05) is 33.2 Å². The molecule has 0 saturated carbocycles. The number of carbonyl (C=O) groups is 2. The molecular formula is C24H21ClN2O3S. The third-order valence-corrected chi connectivity index (χ3v) is 5.68. The molecule has 0 aliphatic heterocycles. The van der Waals surface area contributed by atoms with Gasteiger partial charge >= 0.3 is 0 Å². The van der Waals surface area contributed by atoms with Crippen molar-refractivity contribution in [3.8, 4) is 0 Å². The van der Waals surface area contributed by atoms with Gasteiger partial charge in [0.25, 0.3) is 11.8 Å². The first kappa shape index (κ1) is 22.6. The van der Waals surface area contributed by atoms with Gasteiger partial charge in [-0.25, -0.2) is 5.48 Å². The summed E-state index contributed by atoms with van der Waals surface area (Å²) >= 11 is 8.02. The molecule has 3 rings (SSSR count). The van der Waals surface area contributed by atoms with Gasteiger partial charge < -0.3 is 5.32 Å². The van der Waals surface area contributed by atoms with Crippen LogP contribution in [0.15, 0.2) is 77.7 Å². The van der Waals surface area contributed by atoms with Crippen molar-refractivity contribution < 1.29 is 14.8 Å². The van der Waals surface area contributed by atoms with Gasteiger partial charge in [0.1, 0.15) is 0 Å². The molecule has 0 heterocycles. The third kappa shape index (κ3) is 5.98. The number of hydrogen-bond acceptors (Lipinski definition) is 4. The molecule has 0 aromatic heterocycles. The maximum atomic E-state index is 13.1. The van der Waals surface area contributed by atoms with Crippen LogP contribution in [0.1, 0.15) is 27.0 Å². The maximum Gasteiger partial charge on any atom is 0.274 e. The number of halogens is 1. The van der Waals surface area contributed by atoms with E-state index in [2.05, 4.69) is 5.32 Å². The van der Waals surface area contributed by atoms with E-state index in [-0.39, 0.29) is 12.5 Å². The maximum absolute atomic E-state index is 13.1. The molecule has 7 heteroatoms. The lowest BCUT2D eigenvalue weighted by Crippen LogP contribution is -2.24. The van der Waals surface area contributed by atoms with Gasteiger partial charge in [-0.1, -0.05) is 54.1 Å². The Morgan fingerprint density at radius 2 is 1.68 bits per heavy atom. The average molecular weight is 453 g/mol. The van der Waals surface area contributed by atoms with E-state index in [1.165, 1.54) is 0 Å². The fourth-order valence-corrected chi connectivity index (χ4v) is 3.57. The second kappa shape index (κ2) is 10.8. The molecule has 0 aliphatic rings. The van der Waals surface area contributed by atoms with Crippen molar-refractivity contribution in [3.63, 3.8) is 0 Å². The monoisotopic (exact) mass is 452 g/mol.